The van der Waals surface area contributed by atoms with Gasteiger partial charge in [0.25, 0.3) is 0 Å². The Bertz CT molecular complexity index is 658. The second-order valence-corrected chi connectivity index (χ2v) is 8.41. The fourth-order valence-corrected chi connectivity index (χ4v) is 5.77. The molecule has 24 heavy (non-hydrogen) atoms. The molecule has 2 aliphatic carbocycles. The van der Waals surface area contributed by atoms with Crippen molar-refractivity contribution in [3.05, 3.63) is 29.3 Å². The highest BCUT2D eigenvalue weighted by Gasteiger charge is 2.64. The zero-order valence-electron chi connectivity index (χ0n) is 14.2. The van der Waals surface area contributed by atoms with Crippen molar-refractivity contribution < 1.29 is 14.9 Å². The Morgan fingerprint density at radius 3 is 2.92 bits per heavy atom. The van der Waals surface area contributed by atoms with Crippen molar-refractivity contribution in [1.29, 1.82) is 0 Å². The van der Waals surface area contributed by atoms with Crippen molar-refractivity contribution in [2.24, 2.45) is 5.92 Å². The molecule has 5 rings (SSSR count). The second kappa shape index (κ2) is 5.20. The molecule has 2 aliphatic heterocycles. The summed E-state index contributed by atoms with van der Waals surface area (Å²) in [5.74, 6) is 1.12. The number of piperidine rings is 1. The van der Waals surface area contributed by atoms with E-state index in [4.69, 9.17) is 4.74 Å². The van der Waals surface area contributed by atoms with Crippen molar-refractivity contribution in [3.63, 3.8) is 0 Å². The van der Waals surface area contributed by atoms with Crippen LogP contribution in [-0.2, 0) is 16.6 Å². The molecule has 130 valence electrons. The first kappa shape index (κ1) is 15.2. The maximum absolute atomic E-state index is 11.9. The molecule has 0 spiro atoms. The van der Waals surface area contributed by atoms with Gasteiger partial charge in [-0.3, -0.25) is 4.90 Å². The first-order chi connectivity index (χ1) is 11.6. The van der Waals surface area contributed by atoms with Gasteiger partial charge in [0.05, 0.1) is 17.6 Å². The van der Waals surface area contributed by atoms with Crippen LogP contribution in [0, 0.1) is 5.92 Å². The van der Waals surface area contributed by atoms with E-state index in [9.17, 15) is 10.2 Å². The van der Waals surface area contributed by atoms with Gasteiger partial charge in [0.2, 0.25) is 0 Å². The fourth-order valence-electron chi connectivity index (χ4n) is 5.77. The summed E-state index contributed by atoms with van der Waals surface area (Å²) in [4.78, 5) is 2.57. The Hall–Kier alpha value is -1.10. The number of hydrogen-bond acceptors (Lipinski definition) is 4. The highest BCUT2D eigenvalue weighted by atomic mass is 16.5. The Labute approximate surface area is 143 Å². The maximum atomic E-state index is 11.9. The Kier molecular flexibility index (Phi) is 3.29. The van der Waals surface area contributed by atoms with Crippen molar-refractivity contribution >= 4 is 0 Å². The van der Waals surface area contributed by atoms with Gasteiger partial charge in [-0.25, -0.2) is 0 Å². The minimum absolute atomic E-state index is 0.188. The third kappa shape index (κ3) is 1.91. The van der Waals surface area contributed by atoms with Crippen LogP contribution in [-0.4, -0.2) is 53.1 Å². The maximum Gasteiger partial charge on any atom is 0.115 e. The van der Waals surface area contributed by atoms with Gasteiger partial charge in [-0.15, -0.1) is 0 Å². The average molecular weight is 329 g/mol. The average Bonchev–Trinajstić information content (AvgIpc) is 2.53. The zero-order valence-corrected chi connectivity index (χ0v) is 14.2. The Morgan fingerprint density at radius 1 is 1.25 bits per heavy atom. The van der Waals surface area contributed by atoms with E-state index in [0.717, 1.165) is 37.4 Å². The van der Waals surface area contributed by atoms with Gasteiger partial charge in [0.1, 0.15) is 5.75 Å². The minimum Gasteiger partial charge on any atom is -0.508 e. The first-order valence-corrected chi connectivity index (χ1v) is 9.49. The predicted octanol–water partition coefficient (Wildman–Crippen LogP) is 2.21. The van der Waals surface area contributed by atoms with Crippen LogP contribution in [0.1, 0.15) is 43.2 Å². The van der Waals surface area contributed by atoms with Gasteiger partial charge in [-0.05, 0) is 61.4 Å². The monoisotopic (exact) mass is 329 g/mol. The summed E-state index contributed by atoms with van der Waals surface area (Å²) in [6, 6.07) is 5.91. The number of likely N-dealkylation sites (tertiary alicyclic amines) is 1. The van der Waals surface area contributed by atoms with Crippen molar-refractivity contribution in [1.82, 2.24) is 4.90 Å². The summed E-state index contributed by atoms with van der Waals surface area (Å²) >= 11 is 0. The molecule has 2 bridgehead atoms. The molecule has 3 atom stereocenters. The topological polar surface area (TPSA) is 52.9 Å². The highest BCUT2D eigenvalue weighted by Crippen LogP contribution is 2.55. The van der Waals surface area contributed by atoms with Gasteiger partial charge in [0.15, 0.2) is 0 Å². The Morgan fingerprint density at radius 2 is 2.12 bits per heavy atom. The molecule has 4 aliphatic rings. The summed E-state index contributed by atoms with van der Waals surface area (Å²) in [7, 11) is 0. The Balaban J connectivity index is 1.59. The standard InChI is InChI=1S/C20H27NO3/c22-16-5-4-15-10-18-20(23)7-9-24-13-19(20,17(15)11-16)6-8-21(18)12-14-2-1-3-14/h4-5,11,14,18,22-23H,1-3,6-10,12-13H2/t18-,19-,20-/m1/s1. The van der Waals surface area contributed by atoms with E-state index in [-0.39, 0.29) is 11.5 Å². The molecule has 2 saturated heterocycles. The molecule has 0 radical (unpaired) electrons. The molecule has 2 N–H and O–H groups in total. The van der Waals surface area contributed by atoms with E-state index in [1.165, 1.54) is 24.8 Å². The molecule has 0 unspecified atom stereocenters. The van der Waals surface area contributed by atoms with Crippen LogP contribution >= 0.6 is 0 Å². The molecule has 4 nitrogen and oxygen atoms in total. The summed E-state index contributed by atoms with van der Waals surface area (Å²) in [6.07, 6.45) is 6.58. The highest BCUT2D eigenvalue weighted by molar-refractivity contribution is 5.48. The van der Waals surface area contributed by atoms with Crippen molar-refractivity contribution in [3.8, 4) is 5.75 Å². The number of aliphatic hydroxyl groups is 1. The molecule has 1 aromatic rings. The molecule has 2 heterocycles. The lowest BCUT2D eigenvalue weighted by Gasteiger charge is -2.63. The largest absolute Gasteiger partial charge is 0.508 e. The third-order valence-corrected chi connectivity index (χ3v) is 7.36. The molecule has 0 aromatic heterocycles. The number of rotatable bonds is 2. The molecule has 1 aromatic carbocycles. The smallest absolute Gasteiger partial charge is 0.115 e. The van der Waals surface area contributed by atoms with E-state index in [1.54, 1.807) is 6.07 Å². The van der Waals surface area contributed by atoms with Crippen LogP contribution in [0.5, 0.6) is 5.75 Å². The van der Waals surface area contributed by atoms with E-state index in [2.05, 4.69) is 11.0 Å². The van der Waals surface area contributed by atoms with Crippen LogP contribution in [0.25, 0.3) is 0 Å². The summed E-state index contributed by atoms with van der Waals surface area (Å²) < 4.78 is 5.87. The van der Waals surface area contributed by atoms with Crippen LogP contribution in [0.2, 0.25) is 0 Å². The predicted molar refractivity (Wildman–Crippen MR) is 91.2 cm³/mol. The summed E-state index contributed by atoms with van der Waals surface area (Å²) in [5.41, 5.74) is 1.34. The number of benzene rings is 1. The SMILES string of the molecule is Oc1ccc2c(c1)[C@]13CCN(CC4CCC4)[C@H](C2)[C@]1(O)CCOC3. The third-order valence-electron chi connectivity index (χ3n) is 7.36. The lowest BCUT2D eigenvalue weighted by molar-refractivity contribution is -0.204. The van der Waals surface area contributed by atoms with E-state index in [0.29, 0.717) is 25.4 Å². The normalized spacial score (nSPS) is 39.0. The summed E-state index contributed by atoms with van der Waals surface area (Å²) in [6.45, 7) is 3.38. The fraction of sp³-hybridized carbons (Fsp3) is 0.700. The lowest BCUT2D eigenvalue weighted by atomic mass is 9.53. The number of hydrogen-bond donors (Lipinski definition) is 2. The van der Waals surface area contributed by atoms with Crippen LogP contribution in [0.15, 0.2) is 18.2 Å². The van der Waals surface area contributed by atoms with E-state index in [1.807, 2.05) is 6.07 Å². The molecular formula is C20H27NO3. The zero-order chi connectivity index (χ0) is 16.4. The number of aromatic hydroxyl groups is 1. The van der Waals surface area contributed by atoms with E-state index < -0.39 is 5.60 Å². The molecule has 3 fully saturated rings. The van der Waals surface area contributed by atoms with Gasteiger partial charge >= 0.3 is 0 Å². The number of nitrogens with zero attached hydrogens (tertiary/aromatic N) is 1. The molecular weight excluding hydrogens is 302 g/mol. The molecule has 0 amide bonds. The quantitative estimate of drug-likeness (QED) is 0.873. The number of phenols is 1. The van der Waals surface area contributed by atoms with Crippen molar-refractivity contribution in [2.45, 2.75) is 55.6 Å². The lowest BCUT2D eigenvalue weighted by Crippen LogP contribution is -2.74. The van der Waals surface area contributed by atoms with Gasteiger partial charge in [0, 0.05) is 25.6 Å². The molecule has 1 saturated carbocycles. The number of fused-ring (bicyclic) bond motifs is 1. The summed E-state index contributed by atoms with van der Waals surface area (Å²) in [5, 5.41) is 21.9. The number of ether oxygens (including phenoxy) is 1. The van der Waals surface area contributed by atoms with Crippen LogP contribution in [0.4, 0.5) is 0 Å². The number of phenolic OH excluding ortho intramolecular Hbond substituents is 1. The van der Waals surface area contributed by atoms with Gasteiger partial charge in [-0.1, -0.05) is 12.5 Å². The van der Waals surface area contributed by atoms with Gasteiger partial charge < -0.3 is 14.9 Å². The first-order valence-electron chi connectivity index (χ1n) is 9.49. The van der Waals surface area contributed by atoms with E-state index >= 15 is 0 Å². The van der Waals surface area contributed by atoms with Crippen LogP contribution in [0.3, 0.4) is 0 Å². The minimum atomic E-state index is -0.728. The molecule has 4 heteroatoms. The van der Waals surface area contributed by atoms with Crippen LogP contribution < -0.4 is 0 Å². The second-order valence-electron chi connectivity index (χ2n) is 8.41. The van der Waals surface area contributed by atoms with Crippen molar-refractivity contribution in [2.75, 3.05) is 26.3 Å². The van der Waals surface area contributed by atoms with Gasteiger partial charge in [-0.2, -0.15) is 0 Å².